The van der Waals surface area contributed by atoms with E-state index < -0.39 is 10.0 Å². The highest BCUT2D eigenvalue weighted by molar-refractivity contribution is 9.10. The quantitative estimate of drug-likeness (QED) is 0.714. The molecule has 0 spiro atoms. The summed E-state index contributed by atoms with van der Waals surface area (Å²) in [5.74, 6) is 0.607. The molecule has 0 fully saturated rings. The first-order chi connectivity index (χ1) is 10.5. The molecule has 0 heterocycles. The third kappa shape index (κ3) is 3.34. The van der Waals surface area contributed by atoms with E-state index in [1.807, 2.05) is 6.07 Å². The van der Waals surface area contributed by atoms with Gasteiger partial charge in [0.15, 0.2) is 0 Å². The van der Waals surface area contributed by atoms with Gasteiger partial charge in [0.05, 0.1) is 24.2 Å². The highest BCUT2D eigenvalue weighted by Gasteiger charge is 2.25. The Labute approximate surface area is 139 Å². The lowest BCUT2D eigenvalue weighted by Crippen LogP contribution is -2.31. The van der Waals surface area contributed by atoms with Crippen LogP contribution in [0.3, 0.4) is 0 Å². The molecule has 0 bridgehead atoms. The predicted octanol–water partition coefficient (Wildman–Crippen LogP) is 3.84. The minimum atomic E-state index is -3.69. The Morgan fingerprint density at radius 2 is 1.82 bits per heavy atom. The predicted molar refractivity (Wildman–Crippen MR) is 91.9 cm³/mol. The number of para-hydroxylation sites is 1. The fraction of sp³-hybridized carbons (Fsp3) is 0.125. The van der Waals surface area contributed by atoms with Crippen molar-refractivity contribution in [1.82, 2.24) is 0 Å². The molecule has 0 amide bonds. The van der Waals surface area contributed by atoms with E-state index in [4.69, 9.17) is 4.74 Å². The summed E-state index contributed by atoms with van der Waals surface area (Å²) in [7, 11) is -2.15. The topological polar surface area (TPSA) is 46.6 Å². The highest BCUT2D eigenvalue weighted by Crippen LogP contribution is 2.31. The van der Waals surface area contributed by atoms with Gasteiger partial charge in [0.2, 0.25) is 0 Å². The van der Waals surface area contributed by atoms with Crippen molar-refractivity contribution in [1.29, 1.82) is 0 Å². The number of sulfonamides is 1. The third-order valence-electron chi connectivity index (χ3n) is 3.06. The molecule has 22 heavy (non-hydrogen) atoms. The number of rotatable bonds is 6. The number of hydrogen-bond donors (Lipinski definition) is 0. The molecular weight excluding hydrogens is 366 g/mol. The second kappa shape index (κ2) is 6.98. The van der Waals surface area contributed by atoms with Crippen LogP contribution in [0, 0.1) is 0 Å². The largest absolute Gasteiger partial charge is 0.497 e. The van der Waals surface area contributed by atoms with Crippen LogP contribution in [0.5, 0.6) is 5.75 Å². The molecule has 116 valence electrons. The second-order valence-corrected chi connectivity index (χ2v) is 7.17. The lowest BCUT2D eigenvalue weighted by Gasteiger charge is -2.24. The van der Waals surface area contributed by atoms with Gasteiger partial charge in [0.1, 0.15) is 5.75 Å². The molecule has 0 radical (unpaired) electrons. The number of ether oxygens (including phenoxy) is 1. The zero-order chi connectivity index (χ0) is 16.2. The van der Waals surface area contributed by atoms with Crippen molar-refractivity contribution in [3.63, 3.8) is 0 Å². The summed E-state index contributed by atoms with van der Waals surface area (Å²) in [6, 6.07) is 13.5. The van der Waals surface area contributed by atoms with Gasteiger partial charge in [-0.15, -0.1) is 6.58 Å². The van der Waals surface area contributed by atoms with Gasteiger partial charge in [-0.25, -0.2) is 8.42 Å². The van der Waals surface area contributed by atoms with Gasteiger partial charge in [-0.2, -0.15) is 0 Å². The Kier molecular flexibility index (Phi) is 5.26. The summed E-state index contributed by atoms with van der Waals surface area (Å²) in [5, 5.41) is 0. The third-order valence-corrected chi connectivity index (χ3v) is 5.53. The minimum absolute atomic E-state index is 0.178. The second-order valence-electron chi connectivity index (χ2n) is 4.45. The molecule has 0 aliphatic rings. The van der Waals surface area contributed by atoms with Crippen LogP contribution >= 0.6 is 15.9 Å². The van der Waals surface area contributed by atoms with Gasteiger partial charge in [-0.05, 0) is 52.3 Å². The molecule has 0 unspecified atom stereocenters. The van der Waals surface area contributed by atoms with E-state index in [0.29, 0.717) is 15.9 Å². The summed E-state index contributed by atoms with van der Waals surface area (Å²) in [5.41, 5.74) is 0.568. The van der Waals surface area contributed by atoms with Gasteiger partial charge in [-0.1, -0.05) is 18.2 Å². The summed E-state index contributed by atoms with van der Waals surface area (Å²) < 4.78 is 32.9. The number of halogens is 1. The van der Waals surface area contributed by atoms with Crippen LogP contribution in [0.4, 0.5) is 5.69 Å². The Balaban J connectivity index is 2.50. The molecule has 0 saturated heterocycles. The zero-order valence-corrected chi connectivity index (χ0v) is 14.5. The van der Waals surface area contributed by atoms with Gasteiger partial charge < -0.3 is 4.74 Å². The van der Waals surface area contributed by atoms with Gasteiger partial charge in [-0.3, -0.25) is 4.31 Å². The summed E-state index contributed by atoms with van der Waals surface area (Å²) in [6.07, 6.45) is 1.56. The van der Waals surface area contributed by atoms with Crippen LogP contribution in [0.25, 0.3) is 0 Å². The fourth-order valence-electron chi connectivity index (χ4n) is 1.97. The van der Waals surface area contributed by atoms with Crippen LogP contribution < -0.4 is 9.04 Å². The molecule has 2 aromatic carbocycles. The SMILES string of the molecule is C=CCN(c1ccccc1Br)S(=O)(=O)c1ccc(OC)cc1. The average Bonchev–Trinajstić information content (AvgIpc) is 2.53. The van der Waals surface area contributed by atoms with Crippen molar-refractivity contribution >= 4 is 31.6 Å². The van der Waals surface area contributed by atoms with E-state index in [-0.39, 0.29) is 11.4 Å². The van der Waals surface area contributed by atoms with Crippen LogP contribution in [0.2, 0.25) is 0 Å². The lowest BCUT2D eigenvalue weighted by molar-refractivity contribution is 0.414. The maximum absolute atomic E-state index is 12.9. The Morgan fingerprint density at radius 1 is 1.18 bits per heavy atom. The minimum Gasteiger partial charge on any atom is -0.497 e. The maximum Gasteiger partial charge on any atom is 0.264 e. The van der Waals surface area contributed by atoms with E-state index in [2.05, 4.69) is 22.5 Å². The van der Waals surface area contributed by atoms with E-state index >= 15 is 0 Å². The monoisotopic (exact) mass is 381 g/mol. The first-order valence-corrected chi connectivity index (χ1v) is 8.76. The van der Waals surface area contributed by atoms with Crippen LogP contribution in [-0.2, 0) is 10.0 Å². The number of hydrogen-bond acceptors (Lipinski definition) is 3. The van der Waals surface area contributed by atoms with Crippen LogP contribution in [0.1, 0.15) is 0 Å². The first-order valence-electron chi connectivity index (χ1n) is 6.53. The molecule has 0 saturated carbocycles. The van der Waals surface area contributed by atoms with E-state index in [1.165, 1.54) is 23.5 Å². The van der Waals surface area contributed by atoms with E-state index in [1.54, 1.807) is 36.4 Å². The first kappa shape index (κ1) is 16.6. The Hall–Kier alpha value is -1.79. The van der Waals surface area contributed by atoms with E-state index in [9.17, 15) is 8.42 Å². The number of benzene rings is 2. The fourth-order valence-corrected chi connectivity index (χ4v) is 4.04. The summed E-state index contributed by atoms with van der Waals surface area (Å²) in [4.78, 5) is 0.200. The number of nitrogens with zero attached hydrogens (tertiary/aromatic N) is 1. The molecule has 0 aliphatic carbocycles. The molecule has 0 aliphatic heterocycles. The van der Waals surface area contributed by atoms with Crippen molar-refractivity contribution < 1.29 is 13.2 Å². The van der Waals surface area contributed by atoms with Crippen molar-refractivity contribution in [2.75, 3.05) is 18.0 Å². The number of methoxy groups -OCH3 is 1. The lowest BCUT2D eigenvalue weighted by atomic mass is 10.3. The van der Waals surface area contributed by atoms with Gasteiger partial charge in [0, 0.05) is 4.47 Å². The van der Waals surface area contributed by atoms with Crippen molar-refractivity contribution in [3.05, 3.63) is 65.7 Å². The van der Waals surface area contributed by atoms with Gasteiger partial charge >= 0.3 is 0 Å². The molecule has 2 rings (SSSR count). The van der Waals surface area contributed by atoms with Crippen molar-refractivity contribution in [2.24, 2.45) is 0 Å². The maximum atomic E-state index is 12.9. The molecule has 4 nitrogen and oxygen atoms in total. The standard InChI is InChI=1S/C16H16BrNO3S/c1-3-12-18(16-7-5-4-6-15(16)17)22(19,20)14-10-8-13(21-2)9-11-14/h3-11H,1,12H2,2H3. The molecule has 6 heteroatoms. The van der Waals surface area contributed by atoms with Gasteiger partial charge in [0.25, 0.3) is 10.0 Å². The van der Waals surface area contributed by atoms with Crippen molar-refractivity contribution in [3.8, 4) is 5.75 Å². The molecule has 0 N–H and O–H groups in total. The highest BCUT2D eigenvalue weighted by atomic mass is 79.9. The van der Waals surface area contributed by atoms with E-state index in [0.717, 1.165) is 0 Å². The average molecular weight is 382 g/mol. The van der Waals surface area contributed by atoms with Crippen LogP contribution in [-0.4, -0.2) is 22.1 Å². The Bertz CT molecular complexity index is 757. The van der Waals surface area contributed by atoms with Crippen LogP contribution in [0.15, 0.2) is 70.6 Å². The normalized spacial score (nSPS) is 11.0. The molecule has 2 aromatic rings. The summed E-state index contributed by atoms with van der Waals surface area (Å²) in [6.45, 7) is 3.83. The van der Waals surface area contributed by atoms with Crippen molar-refractivity contribution in [2.45, 2.75) is 4.90 Å². The molecule has 0 atom stereocenters. The number of anilines is 1. The molecule has 0 aromatic heterocycles. The molecular formula is C16H16BrNO3S. The Morgan fingerprint density at radius 3 is 2.36 bits per heavy atom. The summed E-state index contributed by atoms with van der Waals surface area (Å²) >= 11 is 3.39. The zero-order valence-electron chi connectivity index (χ0n) is 12.1. The smallest absolute Gasteiger partial charge is 0.264 e.